The maximum absolute atomic E-state index is 13.0. The summed E-state index contributed by atoms with van der Waals surface area (Å²) in [4.78, 5) is 24.0. The molecule has 7 nitrogen and oxygen atoms in total. The van der Waals surface area contributed by atoms with Gasteiger partial charge < -0.3 is 10.4 Å². The number of rotatable bonds is 5. The van der Waals surface area contributed by atoms with Crippen molar-refractivity contribution < 1.29 is 27.9 Å². The van der Waals surface area contributed by atoms with Crippen molar-refractivity contribution in [3.8, 4) is 5.69 Å². The molecule has 3 aromatic rings. The number of hydrogen-bond donors (Lipinski definition) is 2. The fraction of sp³-hybridized carbons (Fsp3) is 0.200. The van der Waals surface area contributed by atoms with Crippen LogP contribution in [0.2, 0.25) is 0 Å². The van der Waals surface area contributed by atoms with Gasteiger partial charge in [-0.3, -0.25) is 4.79 Å². The number of carbonyl (C=O) groups excluding carboxylic acids is 1. The van der Waals surface area contributed by atoms with Crippen molar-refractivity contribution in [1.29, 1.82) is 0 Å². The van der Waals surface area contributed by atoms with Crippen LogP contribution in [0.4, 0.5) is 18.9 Å². The van der Waals surface area contributed by atoms with E-state index in [0.29, 0.717) is 5.69 Å². The van der Waals surface area contributed by atoms with Crippen LogP contribution < -0.4 is 5.32 Å². The van der Waals surface area contributed by atoms with E-state index in [4.69, 9.17) is 0 Å². The first-order chi connectivity index (χ1) is 14.1. The smallest absolute Gasteiger partial charge is 0.416 e. The standard InChI is InChI=1S/C20H17F3N4O3/c1-11-6-7-14(8-12(11)2)24-17(28)10-16-18(19(29)30)25-26-27(16)15-5-3-4-13(9-15)20(21,22)23/h3-9H,10H2,1-2H3,(H,24,28)(H,29,30). The highest BCUT2D eigenvalue weighted by Gasteiger charge is 2.31. The average Bonchev–Trinajstić information content (AvgIpc) is 3.08. The van der Waals surface area contributed by atoms with Crippen LogP contribution in [0.1, 0.15) is 32.9 Å². The first kappa shape index (κ1) is 21.0. The van der Waals surface area contributed by atoms with E-state index in [-0.39, 0.29) is 11.4 Å². The average molecular weight is 418 g/mol. The maximum Gasteiger partial charge on any atom is 0.416 e. The Kier molecular flexibility index (Phi) is 5.59. The summed E-state index contributed by atoms with van der Waals surface area (Å²) in [7, 11) is 0. The molecule has 0 atom stereocenters. The predicted molar refractivity (Wildman–Crippen MR) is 102 cm³/mol. The third kappa shape index (κ3) is 4.48. The number of carboxylic acids is 1. The lowest BCUT2D eigenvalue weighted by Gasteiger charge is -2.11. The molecule has 10 heteroatoms. The van der Waals surface area contributed by atoms with Gasteiger partial charge in [0.25, 0.3) is 0 Å². The molecule has 0 fully saturated rings. The highest BCUT2D eigenvalue weighted by molar-refractivity contribution is 5.95. The number of halogens is 3. The number of aromatic carboxylic acids is 1. The van der Waals surface area contributed by atoms with E-state index in [1.54, 1.807) is 12.1 Å². The fourth-order valence-corrected chi connectivity index (χ4v) is 2.82. The Labute approximate surface area is 169 Å². The number of aryl methyl sites for hydroxylation is 2. The highest BCUT2D eigenvalue weighted by atomic mass is 19.4. The van der Waals surface area contributed by atoms with Crippen LogP contribution in [0.5, 0.6) is 0 Å². The van der Waals surface area contributed by atoms with Gasteiger partial charge in [-0.25, -0.2) is 9.48 Å². The Bertz CT molecular complexity index is 1120. The molecule has 156 valence electrons. The number of anilines is 1. The normalized spacial score (nSPS) is 11.4. The lowest BCUT2D eigenvalue weighted by atomic mass is 10.1. The highest BCUT2D eigenvalue weighted by Crippen LogP contribution is 2.30. The molecule has 2 aromatic carbocycles. The molecule has 1 aromatic heterocycles. The summed E-state index contributed by atoms with van der Waals surface area (Å²) in [6.07, 6.45) is -5.04. The molecule has 1 amide bonds. The second-order valence-electron chi connectivity index (χ2n) is 6.67. The van der Waals surface area contributed by atoms with E-state index < -0.39 is 35.7 Å². The number of nitrogens with one attached hydrogen (secondary N) is 1. The van der Waals surface area contributed by atoms with Crippen LogP contribution >= 0.6 is 0 Å². The third-order valence-electron chi connectivity index (χ3n) is 4.50. The molecule has 0 saturated heterocycles. The molecule has 0 spiro atoms. The minimum absolute atomic E-state index is 0.0567. The molecule has 0 aliphatic heterocycles. The van der Waals surface area contributed by atoms with Crippen LogP contribution in [0, 0.1) is 13.8 Å². The fourth-order valence-electron chi connectivity index (χ4n) is 2.82. The van der Waals surface area contributed by atoms with Gasteiger partial charge in [0.15, 0.2) is 5.69 Å². The number of carboxylic acid groups (broad SMARTS) is 1. The predicted octanol–water partition coefficient (Wildman–Crippen LogP) is 3.78. The zero-order valence-corrected chi connectivity index (χ0v) is 16.0. The number of aromatic nitrogens is 3. The van der Waals surface area contributed by atoms with Crippen molar-refractivity contribution >= 4 is 17.6 Å². The van der Waals surface area contributed by atoms with Gasteiger partial charge in [0, 0.05) is 5.69 Å². The lowest BCUT2D eigenvalue weighted by molar-refractivity contribution is -0.137. The van der Waals surface area contributed by atoms with Gasteiger partial charge in [0.05, 0.1) is 23.4 Å². The first-order valence-corrected chi connectivity index (χ1v) is 8.79. The van der Waals surface area contributed by atoms with Crippen LogP contribution in [-0.2, 0) is 17.4 Å². The molecule has 0 saturated carbocycles. The largest absolute Gasteiger partial charge is 0.476 e. The van der Waals surface area contributed by atoms with Gasteiger partial charge in [0.2, 0.25) is 5.91 Å². The minimum atomic E-state index is -4.59. The molecule has 0 bridgehead atoms. The Morgan fingerprint density at radius 1 is 1.10 bits per heavy atom. The molecule has 0 radical (unpaired) electrons. The summed E-state index contributed by atoms with van der Waals surface area (Å²) in [5.41, 5.74) is 0.864. The Morgan fingerprint density at radius 3 is 2.47 bits per heavy atom. The quantitative estimate of drug-likeness (QED) is 0.657. The van der Waals surface area contributed by atoms with Crippen LogP contribution in [0.15, 0.2) is 42.5 Å². The van der Waals surface area contributed by atoms with E-state index in [2.05, 4.69) is 15.6 Å². The van der Waals surface area contributed by atoms with Crippen LogP contribution in [-0.4, -0.2) is 32.0 Å². The third-order valence-corrected chi connectivity index (χ3v) is 4.50. The van der Waals surface area contributed by atoms with Crippen molar-refractivity contribution in [2.24, 2.45) is 0 Å². The van der Waals surface area contributed by atoms with Crippen LogP contribution in [0.25, 0.3) is 5.69 Å². The molecule has 3 rings (SSSR count). The zero-order chi connectivity index (χ0) is 22.1. The lowest BCUT2D eigenvalue weighted by Crippen LogP contribution is -2.19. The Balaban J connectivity index is 1.94. The van der Waals surface area contributed by atoms with Crippen molar-refractivity contribution in [3.05, 3.63) is 70.5 Å². The molecule has 30 heavy (non-hydrogen) atoms. The monoisotopic (exact) mass is 418 g/mol. The van der Waals surface area contributed by atoms with Crippen LogP contribution in [0.3, 0.4) is 0 Å². The summed E-state index contributed by atoms with van der Waals surface area (Å²) in [6.45, 7) is 3.79. The van der Waals surface area contributed by atoms with Gasteiger partial charge in [-0.15, -0.1) is 5.10 Å². The van der Waals surface area contributed by atoms with E-state index in [9.17, 15) is 27.9 Å². The molecule has 0 unspecified atom stereocenters. The molecule has 0 aliphatic rings. The van der Waals surface area contributed by atoms with E-state index in [1.807, 2.05) is 19.9 Å². The molecular formula is C20H17F3N4O3. The number of carbonyl (C=O) groups is 2. The van der Waals surface area contributed by atoms with Crippen molar-refractivity contribution in [3.63, 3.8) is 0 Å². The SMILES string of the molecule is Cc1ccc(NC(=O)Cc2c(C(=O)O)nnn2-c2cccc(C(F)(F)F)c2)cc1C. The van der Waals surface area contributed by atoms with Gasteiger partial charge in [0.1, 0.15) is 0 Å². The summed E-state index contributed by atoms with van der Waals surface area (Å²) in [5, 5.41) is 19.2. The molecular weight excluding hydrogens is 401 g/mol. The zero-order valence-electron chi connectivity index (χ0n) is 16.0. The molecule has 1 heterocycles. The van der Waals surface area contributed by atoms with Crippen molar-refractivity contribution in [2.45, 2.75) is 26.4 Å². The number of hydrogen-bond acceptors (Lipinski definition) is 4. The Hall–Kier alpha value is -3.69. The number of nitrogens with zero attached hydrogens (tertiary/aromatic N) is 3. The number of benzene rings is 2. The van der Waals surface area contributed by atoms with E-state index in [0.717, 1.165) is 27.9 Å². The topological polar surface area (TPSA) is 97.1 Å². The maximum atomic E-state index is 13.0. The van der Waals surface area contributed by atoms with Gasteiger partial charge in [-0.2, -0.15) is 13.2 Å². The second kappa shape index (κ2) is 7.97. The van der Waals surface area contributed by atoms with E-state index >= 15 is 0 Å². The van der Waals surface area contributed by atoms with Gasteiger partial charge in [-0.05, 0) is 55.3 Å². The number of amides is 1. The first-order valence-electron chi connectivity index (χ1n) is 8.79. The second-order valence-corrected chi connectivity index (χ2v) is 6.67. The van der Waals surface area contributed by atoms with Gasteiger partial charge in [-0.1, -0.05) is 17.3 Å². The van der Waals surface area contributed by atoms with E-state index in [1.165, 1.54) is 12.1 Å². The Morgan fingerprint density at radius 2 is 1.83 bits per heavy atom. The number of alkyl halides is 3. The summed E-state index contributed by atoms with van der Waals surface area (Å²) in [6, 6.07) is 9.45. The molecule has 0 aliphatic carbocycles. The van der Waals surface area contributed by atoms with Crippen molar-refractivity contribution in [2.75, 3.05) is 5.32 Å². The summed E-state index contributed by atoms with van der Waals surface area (Å²) < 4.78 is 40.0. The minimum Gasteiger partial charge on any atom is -0.476 e. The van der Waals surface area contributed by atoms with Gasteiger partial charge >= 0.3 is 12.1 Å². The molecule has 2 N–H and O–H groups in total. The van der Waals surface area contributed by atoms with Crippen molar-refractivity contribution in [1.82, 2.24) is 15.0 Å². The summed E-state index contributed by atoms with van der Waals surface area (Å²) >= 11 is 0. The summed E-state index contributed by atoms with van der Waals surface area (Å²) in [5.74, 6) is -2.00.